The molecule has 0 radical (unpaired) electrons. The highest BCUT2D eigenvalue weighted by atomic mass is 32.2. The molecular formula is C12H17N5O2S. The average Bonchev–Trinajstić information content (AvgIpc) is 2.91. The largest absolute Gasteiger partial charge is 0.326 e. The van der Waals surface area contributed by atoms with Crippen LogP contribution in [-0.4, -0.2) is 35.0 Å². The maximum Gasteiger partial charge on any atom is 0.243 e. The normalized spacial score (nSPS) is 12.0. The quantitative estimate of drug-likeness (QED) is 0.830. The topological polar surface area (TPSA) is 105 Å². The van der Waals surface area contributed by atoms with Crippen molar-refractivity contribution in [1.82, 2.24) is 19.5 Å². The highest BCUT2D eigenvalue weighted by Gasteiger charge is 2.23. The summed E-state index contributed by atoms with van der Waals surface area (Å²) in [6.07, 6.45) is 1.34. The zero-order valence-electron chi connectivity index (χ0n) is 11.4. The van der Waals surface area contributed by atoms with Crippen LogP contribution in [0.15, 0.2) is 29.4 Å². The van der Waals surface area contributed by atoms with Gasteiger partial charge in [-0.3, -0.25) is 5.10 Å². The van der Waals surface area contributed by atoms with Crippen LogP contribution >= 0.6 is 0 Å². The Hall–Kier alpha value is -1.77. The van der Waals surface area contributed by atoms with Gasteiger partial charge in [-0.15, -0.1) is 0 Å². The molecule has 0 bridgehead atoms. The van der Waals surface area contributed by atoms with Crippen LogP contribution in [0, 0.1) is 6.92 Å². The highest BCUT2D eigenvalue weighted by molar-refractivity contribution is 7.89. The van der Waals surface area contributed by atoms with Crippen molar-refractivity contribution in [2.45, 2.75) is 24.9 Å². The van der Waals surface area contributed by atoms with Crippen molar-refractivity contribution in [3.63, 3.8) is 0 Å². The molecular weight excluding hydrogens is 278 g/mol. The first-order valence-electron chi connectivity index (χ1n) is 6.05. The summed E-state index contributed by atoms with van der Waals surface area (Å²) >= 11 is 0. The van der Waals surface area contributed by atoms with E-state index in [9.17, 15) is 8.42 Å². The van der Waals surface area contributed by atoms with E-state index in [1.165, 1.54) is 17.7 Å². The van der Waals surface area contributed by atoms with Gasteiger partial charge in [0.1, 0.15) is 12.2 Å². The van der Waals surface area contributed by atoms with E-state index in [1.54, 1.807) is 25.1 Å². The number of hydrogen-bond donors (Lipinski definition) is 2. The molecule has 8 heteroatoms. The lowest BCUT2D eigenvalue weighted by molar-refractivity contribution is 0.457. The number of H-pyrrole nitrogens is 1. The molecule has 1 aromatic heterocycles. The van der Waals surface area contributed by atoms with Crippen LogP contribution in [0.25, 0.3) is 0 Å². The molecule has 0 saturated heterocycles. The van der Waals surface area contributed by atoms with Gasteiger partial charge >= 0.3 is 0 Å². The number of aromatic amines is 1. The van der Waals surface area contributed by atoms with Crippen molar-refractivity contribution in [2.75, 3.05) is 7.05 Å². The van der Waals surface area contributed by atoms with E-state index in [4.69, 9.17) is 5.73 Å². The van der Waals surface area contributed by atoms with E-state index in [0.717, 1.165) is 5.56 Å². The van der Waals surface area contributed by atoms with Crippen molar-refractivity contribution in [3.8, 4) is 0 Å². The minimum absolute atomic E-state index is 0.139. The third-order valence-electron chi connectivity index (χ3n) is 3.00. The first-order chi connectivity index (χ1) is 9.45. The molecule has 0 aliphatic heterocycles. The second kappa shape index (κ2) is 5.70. The fourth-order valence-electron chi connectivity index (χ4n) is 1.90. The third kappa shape index (κ3) is 2.87. The minimum atomic E-state index is -3.57. The molecule has 20 heavy (non-hydrogen) atoms. The van der Waals surface area contributed by atoms with E-state index in [-0.39, 0.29) is 11.4 Å². The van der Waals surface area contributed by atoms with Crippen molar-refractivity contribution in [3.05, 3.63) is 41.5 Å². The SMILES string of the molecule is Cc1cc(CN)ccc1S(=O)(=O)N(C)Cc1ncn[nH]1. The smallest absolute Gasteiger partial charge is 0.243 e. The van der Waals surface area contributed by atoms with Crippen molar-refractivity contribution < 1.29 is 8.42 Å². The van der Waals surface area contributed by atoms with E-state index in [0.29, 0.717) is 17.9 Å². The number of nitrogens with zero attached hydrogens (tertiary/aromatic N) is 3. The van der Waals surface area contributed by atoms with Crippen LogP contribution in [0.2, 0.25) is 0 Å². The minimum Gasteiger partial charge on any atom is -0.326 e. The van der Waals surface area contributed by atoms with Crippen LogP contribution < -0.4 is 5.73 Å². The van der Waals surface area contributed by atoms with E-state index in [2.05, 4.69) is 15.2 Å². The van der Waals surface area contributed by atoms with Gasteiger partial charge in [0, 0.05) is 13.6 Å². The first-order valence-corrected chi connectivity index (χ1v) is 7.49. The Bertz CT molecular complexity index is 682. The molecule has 3 N–H and O–H groups in total. The van der Waals surface area contributed by atoms with Gasteiger partial charge in [-0.05, 0) is 24.1 Å². The zero-order chi connectivity index (χ0) is 14.8. The number of sulfonamides is 1. The molecule has 2 rings (SSSR count). The van der Waals surface area contributed by atoms with Gasteiger partial charge in [0.05, 0.1) is 11.4 Å². The molecule has 1 aromatic carbocycles. The average molecular weight is 295 g/mol. The van der Waals surface area contributed by atoms with Gasteiger partial charge in [0.2, 0.25) is 10.0 Å². The lowest BCUT2D eigenvalue weighted by atomic mass is 10.1. The van der Waals surface area contributed by atoms with Crippen LogP contribution in [-0.2, 0) is 23.1 Å². The summed E-state index contributed by atoms with van der Waals surface area (Å²) in [6.45, 7) is 2.28. The molecule has 0 spiro atoms. The standard InChI is InChI=1S/C12H17N5O2S/c1-9-5-10(6-13)3-4-11(9)20(18,19)17(2)7-12-14-8-15-16-12/h3-5,8H,6-7,13H2,1-2H3,(H,14,15,16). The predicted octanol–water partition coefficient (Wildman–Crippen LogP) is 0.393. The lowest BCUT2D eigenvalue weighted by Crippen LogP contribution is -2.27. The van der Waals surface area contributed by atoms with Gasteiger partial charge < -0.3 is 5.73 Å². The Morgan fingerprint density at radius 3 is 2.70 bits per heavy atom. The van der Waals surface area contributed by atoms with Gasteiger partial charge in [0.25, 0.3) is 0 Å². The zero-order valence-corrected chi connectivity index (χ0v) is 12.2. The molecule has 7 nitrogen and oxygen atoms in total. The molecule has 0 unspecified atom stereocenters. The second-order valence-corrected chi connectivity index (χ2v) is 6.51. The van der Waals surface area contributed by atoms with Crippen LogP contribution in [0.4, 0.5) is 0 Å². The molecule has 0 atom stereocenters. The molecule has 0 amide bonds. The molecule has 0 aliphatic rings. The van der Waals surface area contributed by atoms with Crippen molar-refractivity contribution in [2.24, 2.45) is 5.73 Å². The molecule has 108 valence electrons. The number of rotatable bonds is 5. The summed E-state index contributed by atoms with van der Waals surface area (Å²) in [5.41, 5.74) is 7.13. The molecule has 0 fully saturated rings. The summed E-state index contributed by atoms with van der Waals surface area (Å²) in [5.74, 6) is 0.493. The number of aromatic nitrogens is 3. The van der Waals surface area contributed by atoms with E-state index in [1.807, 2.05) is 0 Å². The molecule has 1 heterocycles. The molecule has 0 saturated carbocycles. The Labute approximate surface area is 117 Å². The third-order valence-corrected chi connectivity index (χ3v) is 4.96. The monoisotopic (exact) mass is 295 g/mol. The Balaban J connectivity index is 2.30. The van der Waals surface area contributed by atoms with Gasteiger partial charge in [-0.1, -0.05) is 12.1 Å². The van der Waals surface area contributed by atoms with Gasteiger partial charge in [-0.25, -0.2) is 13.4 Å². The predicted molar refractivity (Wildman–Crippen MR) is 74.1 cm³/mol. The lowest BCUT2D eigenvalue weighted by Gasteiger charge is -2.17. The summed E-state index contributed by atoms with van der Waals surface area (Å²) in [7, 11) is -2.06. The summed E-state index contributed by atoms with van der Waals surface area (Å²) in [4.78, 5) is 4.20. The summed E-state index contributed by atoms with van der Waals surface area (Å²) in [5, 5.41) is 6.34. The summed E-state index contributed by atoms with van der Waals surface area (Å²) in [6, 6.07) is 5.10. The number of hydrogen-bond acceptors (Lipinski definition) is 5. The number of nitrogens with one attached hydrogen (secondary N) is 1. The maximum absolute atomic E-state index is 12.5. The fourth-order valence-corrected chi connectivity index (χ4v) is 3.23. The number of benzene rings is 1. The molecule has 0 aliphatic carbocycles. The Morgan fingerprint density at radius 2 is 2.15 bits per heavy atom. The van der Waals surface area contributed by atoms with E-state index < -0.39 is 10.0 Å². The second-order valence-electron chi connectivity index (χ2n) is 4.50. The van der Waals surface area contributed by atoms with Gasteiger partial charge in [0.15, 0.2) is 0 Å². The maximum atomic E-state index is 12.5. The summed E-state index contributed by atoms with van der Waals surface area (Å²) < 4.78 is 26.3. The highest BCUT2D eigenvalue weighted by Crippen LogP contribution is 2.20. The number of nitrogens with two attached hydrogens (primary N) is 1. The van der Waals surface area contributed by atoms with Crippen LogP contribution in [0.5, 0.6) is 0 Å². The Morgan fingerprint density at radius 1 is 1.40 bits per heavy atom. The van der Waals surface area contributed by atoms with Crippen molar-refractivity contribution >= 4 is 10.0 Å². The fraction of sp³-hybridized carbons (Fsp3) is 0.333. The Kier molecular flexibility index (Phi) is 4.17. The number of aryl methyl sites for hydroxylation is 1. The van der Waals surface area contributed by atoms with Crippen LogP contribution in [0.1, 0.15) is 17.0 Å². The molecule has 2 aromatic rings. The van der Waals surface area contributed by atoms with E-state index >= 15 is 0 Å². The van der Waals surface area contributed by atoms with Gasteiger partial charge in [-0.2, -0.15) is 9.40 Å². The first kappa shape index (κ1) is 14.6. The van der Waals surface area contributed by atoms with Crippen LogP contribution in [0.3, 0.4) is 0 Å². The van der Waals surface area contributed by atoms with Crippen molar-refractivity contribution in [1.29, 1.82) is 0 Å².